The van der Waals surface area contributed by atoms with Gasteiger partial charge in [-0.25, -0.2) is 4.79 Å². The van der Waals surface area contributed by atoms with E-state index < -0.39 is 0 Å². The number of hydrogen-bond acceptors (Lipinski definition) is 3. The molecule has 1 saturated heterocycles. The quantitative estimate of drug-likeness (QED) is 0.875. The molecule has 4 nitrogen and oxygen atoms in total. The maximum Gasteiger partial charge on any atom is 0.407 e. The molecule has 1 heterocycles. The maximum atomic E-state index is 11.9. The number of nitrogens with zero attached hydrogens (tertiary/aromatic N) is 1. The van der Waals surface area contributed by atoms with Crippen LogP contribution in [0.5, 0.6) is 0 Å². The SMILES string of the molecule is CCC(CC1CCN(C)C1)NC(=O)OCc1ccccc1. The summed E-state index contributed by atoms with van der Waals surface area (Å²) in [5.41, 5.74) is 1.01. The monoisotopic (exact) mass is 290 g/mol. The number of alkyl carbamates (subject to hydrolysis) is 1. The van der Waals surface area contributed by atoms with Gasteiger partial charge in [0.1, 0.15) is 6.61 Å². The van der Waals surface area contributed by atoms with Gasteiger partial charge in [0.2, 0.25) is 0 Å². The number of amides is 1. The Balaban J connectivity index is 1.72. The zero-order valence-corrected chi connectivity index (χ0v) is 13.0. The highest BCUT2D eigenvalue weighted by Gasteiger charge is 2.23. The minimum absolute atomic E-state index is 0.213. The Bertz CT molecular complexity index is 436. The lowest BCUT2D eigenvalue weighted by molar-refractivity contribution is 0.133. The average Bonchev–Trinajstić information content (AvgIpc) is 2.90. The number of ether oxygens (including phenoxy) is 1. The van der Waals surface area contributed by atoms with Gasteiger partial charge in [0, 0.05) is 12.6 Å². The summed E-state index contributed by atoms with van der Waals surface area (Å²) in [5.74, 6) is 0.689. The van der Waals surface area contributed by atoms with E-state index in [0.29, 0.717) is 12.5 Å². The first kappa shape index (κ1) is 15.8. The summed E-state index contributed by atoms with van der Waals surface area (Å²) < 4.78 is 5.29. The molecule has 0 aliphatic carbocycles. The lowest BCUT2D eigenvalue weighted by Crippen LogP contribution is -2.36. The van der Waals surface area contributed by atoms with Crippen molar-refractivity contribution in [2.75, 3.05) is 20.1 Å². The lowest BCUT2D eigenvalue weighted by atomic mass is 9.98. The van der Waals surface area contributed by atoms with E-state index >= 15 is 0 Å². The Morgan fingerprint density at radius 3 is 2.81 bits per heavy atom. The number of carbonyl (C=O) groups is 1. The fourth-order valence-electron chi connectivity index (χ4n) is 2.88. The topological polar surface area (TPSA) is 41.6 Å². The Hall–Kier alpha value is -1.55. The predicted molar refractivity (Wildman–Crippen MR) is 84.1 cm³/mol. The number of benzene rings is 1. The summed E-state index contributed by atoms with van der Waals surface area (Å²) in [4.78, 5) is 14.2. The summed E-state index contributed by atoms with van der Waals surface area (Å²) in [6.07, 6.45) is 2.91. The normalized spacial score (nSPS) is 20.2. The third kappa shape index (κ3) is 5.38. The van der Waals surface area contributed by atoms with E-state index in [0.717, 1.165) is 24.9 Å². The van der Waals surface area contributed by atoms with E-state index in [2.05, 4.69) is 24.2 Å². The van der Waals surface area contributed by atoms with E-state index in [9.17, 15) is 4.79 Å². The van der Waals surface area contributed by atoms with Crippen molar-refractivity contribution in [3.05, 3.63) is 35.9 Å². The summed E-state index contributed by atoms with van der Waals surface area (Å²) in [6.45, 7) is 4.74. The number of nitrogens with one attached hydrogen (secondary N) is 1. The first-order valence-electron chi connectivity index (χ1n) is 7.83. The molecule has 2 atom stereocenters. The molecule has 1 aromatic rings. The Morgan fingerprint density at radius 1 is 1.43 bits per heavy atom. The van der Waals surface area contributed by atoms with Crippen LogP contribution in [0.3, 0.4) is 0 Å². The van der Waals surface area contributed by atoms with Crippen molar-refractivity contribution in [1.29, 1.82) is 0 Å². The van der Waals surface area contributed by atoms with Gasteiger partial charge in [0.05, 0.1) is 0 Å². The minimum atomic E-state index is -0.308. The molecule has 1 aliphatic rings. The Kier molecular flexibility index (Phi) is 6.05. The molecule has 1 amide bonds. The van der Waals surface area contributed by atoms with Gasteiger partial charge in [0.15, 0.2) is 0 Å². The van der Waals surface area contributed by atoms with Gasteiger partial charge in [-0.3, -0.25) is 0 Å². The van der Waals surface area contributed by atoms with Crippen molar-refractivity contribution in [1.82, 2.24) is 10.2 Å². The zero-order valence-electron chi connectivity index (χ0n) is 13.0. The van der Waals surface area contributed by atoms with Crippen LogP contribution in [0.1, 0.15) is 31.7 Å². The summed E-state index contributed by atoms with van der Waals surface area (Å²) in [6, 6.07) is 9.97. The number of likely N-dealkylation sites (tertiary alicyclic amines) is 1. The molecule has 1 aromatic carbocycles. The highest BCUT2D eigenvalue weighted by molar-refractivity contribution is 5.67. The molecule has 1 aliphatic heterocycles. The van der Waals surface area contributed by atoms with Gasteiger partial charge in [-0.2, -0.15) is 0 Å². The van der Waals surface area contributed by atoms with Crippen molar-refractivity contribution in [2.24, 2.45) is 5.92 Å². The van der Waals surface area contributed by atoms with Crippen molar-refractivity contribution >= 4 is 6.09 Å². The fraction of sp³-hybridized carbons (Fsp3) is 0.588. The molecule has 0 spiro atoms. The molecule has 21 heavy (non-hydrogen) atoms. The van der Waals surface area contributed by atoms with Crippen LogP contribution in [0.25, 0.3) is 0 Å². The van der Waals surface area contributed by atoms with Crippen LogP contribution < -0.4 is 5.32 Å². The maximum absolute atomic E-state index is 11.9. The average molecular weight is 290 g/mol. The second-order valence-electron chi connectivity index (χ2n) is 5.96. The second-order valence-corrected chi connectivity index (χ2v) is 5.96. The van der Waals surface area contributed by atoms with Gasteiger partial charge in [-0.15, -0.1) is 0 Å². The molecule has 2 unspecified atom stereocenters. The molecule has 1 fully saturated rings. The third-order valence-electron chi connectivity index (χ3n) is 4.13. The molecule has 1 N–H and O–H groups in total. The number of hydrogen-bond donors (Lipinski definition) is 1. The highest BCUT2D eigenvalue weighted by atomic mass is 16.5. The highest BCUT2D eigenvalue weighted by Crippen LogP contribution is 2.20. The molecule has 2 rings (SSSR count). The van der Waals surface area contributed by atoms with E-state index in [1.54, 1.807) is 0 Å². The van der Waals surface area contributed by atoms with Crippen LogP contribution in [0.4, 0.5) is 4.79 Å². The number of carbonyl (C=O) groups excluding carboxylic acids is 1. The van der Waals surface area contributed by atoms with Crippen molar-refractivity contribution in [2.45, 2.75) is 38.8 Å². The summed E-state index contributed by atoms with van der Waals surface area (Å²) >= 11 is 0. The smallest absolute Gasteiger partial charge is 0.407 e. The summed E-state index contributed by atoms with van der Waals surface area (Å²) in [5, 5.41) is 3.00. The largest absolute Gasteiger partial charge is 0.445 e. The molecule has 0 bridgehead atoms. The van der Waals surface area contributed by atoms with Crippen LogP contribution in [0.2, 0.25) is 0 Å². The minimum Gasteiger partial charge on any atom is -0.445 e. The Labute approximate surface area is 127 Å². The van der Waals surface area contributed by atoms with E-state index in [-0.39, 0.29) is 12.1 Å². The van der Waals surface area contributed by atoms with Gasteiger partial charge in [0.25, 0.3) is 0 Å². The van der Waals surface area contributed by atoms with Crippen LogP contribution in [-0.4, -0.2) is 37.2 Å². The molecule has 4 heteroatoms. The van der Waals surface area contributed by atoms with Crippen molar-refractivity contribution < 1.29 is 9.53 Å². The first-order valence-corrected chi connectivity index (χ1v) is 7.83. The van der Waals surface area contributed by atoms with E-state index in [1.807, 2.05) is 30.3 Å². The predicted octanol–water partition coefficient (Wildman–Crippen LogP) is 3.03. The molecular formula is C17H26N2O2. The van der Waals surface area contributed by atoms with Crippen LogP contribution in [0.15, 0.2) is 30.3 Å². The van der Waals surface area contributed by atoms with Gasteiger partial charge < -0.3 is 15.0 Å². The molecule has 0 radical (unpaired) electrons. The third-order valence-corrected chi connectivity index (χ3v) is 4.13. The van der Waals surface area contributed by atoms with Gasteiger partial charge in [-0.1, -0.05) is 37.3 Å². The zero-order chi connectivity index (χ0) is 15.1. The molecule has 0 aromatic heterocycles. The van der Waals surface area contributed by atoms with Crippen molar-refractivity contribution in [3.63, 3.8) is 0 Å². The Morgan fingerprint density at radius 2 is 2.19 bits per heavy atom. The van der Waals surface area contributed by atoms with Gasteiger partial charge in [-0.05, 0) is 44.3 Å². The molecule has 0 saturated carbocycles. The van der Waals surface area contributed by atoms with E-state index in [4.69, 9.17) is 4.74 Å². The summed E-state index contributed by atoms with van der Waals surface area (Å²) in [7, 11) is 2.16. The van der Waals surface area contributed by atoms with Crippen LogP contribution in [-0.2, 0) is 11.3 Å². The van der Waals surface area contributed by atoms with Crippen LogP contribution in [0, 0.1) is 5.92 Å². The standard InChI is InChI=1S/C17H26N2O2/c1-3-16(11-15-9-10-19(2)12-15)18-17(20)21-13-14-7-5-4-6-8-14/h4-8,15-16H,3,9-13H2,1-2H3,(H,18,20). The van der Waals surface area contributed by atoms with Gasteiger partial charge >= 0.3 is 6.09 Å². The lowest BCUT2D eigenvalue weighted by Gasteiger charge is -2.20. The second kappa shape index (κ2) is 8.03. The fourth-order valence-corrected chi connectivity index (χ4v) is 2.88. The van der Waals surface area contributed by atoms with Crippen molar-refractivity contribution in [3.8, 4) is 0 Å². The number of rotatable bonds is 6. The van der Waals surface area contributed by atoms with Crippen LogP contribution >= 0.6 is 0 Å². The van der Waals surface area contributed by atoms with E-state index in [1.165, 1.54) is 13.0 Å². The first-order chi connectivity index (χ1) is 10.2. The molecular weight excluding hydrogens is 264 g/mol. The molecule has 116 valence electrons.